The molecular weight excluding hydrogens is 478 g/mol. The quantitative estimate of drug-likeness (QED) is 0.418. The van der Waals surface area contributed by atoms with Crippen LogP contribution in [0, 0.1) is 6.92 Å². The Balaban J connectivity index is 1.58. The Bertz CT molecular complexity index is 1400. The van der Waals surface area contributed by atoms with Crippen LogP contribution in [0.3, 0.4) is 0 Å². The average Bonchev–Trinajstić information content (AvgIpc) is 3.46. The van der Waals surface area contributed by atoms with Gasteiger partial charge in [0.25, 0.3) is 0 Å². The fourth-order valence-corrected chi connectivity index (χ4v) is 4.02. The molecule has 1 aliphatic rings. The summed E-state index contributed by atoms with van der Waals surface area (Å²) in [6.45, 7) is 0.828. The van der Waals surface area contributed by atoms with Gasteiger partial charge in [0.05, 0.1) is 25.0 Å². The lowest BCUT2D eigenvalue weighted by atomic mass is 10.1. The number of aryl methyl sites for hydroxylation is 2. The standard InChI is InChI=1S/C21H18F6N8/c1-11-7-28-16(30-17-3-4-29-33(17)2)6-14(11)12-5-15-18-31-32-19(20(23,24)21(25,26)27)35(18)10-13(22)9-34(15)8-12/h3-8,13H,9-10H2,1-2H3,(H,28,30)/t13-/m0/s1. The van der Waals surface area contributed by atoms with Gasteiger partial charge in [-0.3, -0.25) is 4.68 Å². The van der Waals surface area contributed by atoms with Crippen LogP contribution < -0.4 is 5.32 Å². The highest BCUT2D eigenvalue weighted by molar-refractivity contribution is 5.74. The zero-order chi connectivity index (χ0) is 25.1. The van der Waals surface area contributed by atoms with Gasteiger partial charge in [-0.25, -0.2) is 9.37 Å². The first-order chi connectivity index (χ1) is 16.5. The van der Waals surface area contributed by atoms with E-state index in [1.165, 1.54) is 4.57 Å². The molecule has 4 aromatic rings. The molecule has 14 heteroatoms. The molecule has 8 nitrogen and oxygen atoms in total. The molecule has 0 bridgehead atoms. The Morgan fingerprint density at radius 2 is 1.86 bits per heavy atom. The van der Waals surface area contributed by atoms with Crippen molar-refractivity contribution in [3.8, 4) is 22.6 Å². The third-order valence-electron chi connectivity index (χ3n) is 5.78. The summed E-state index contributed by atoms with van der Waals surface area (Å²) in [6, 6.07) is 5.06. The van der Waals surface area contributed by atoms with Gasteiger partial charge in [0.2, 0.25) is 5.82 Å². The Morgan fingerprint density at radius 3 is 2.54 bits per heavy atom. The van der Waals surface area contributed by atoms with E-state index >= 15 is 0 Å². The second kappa shape index (κ2) is 7.85. The number of anilines is 2. The largest absolute Gasteiger partial charge is 0.461 e. The maximum atomic E-state index is 14.7. The predicted octanol–water partition coefficient (Wildman–Crippen LogP) is 4.60. The summed E-state index contributed by atoms with van der Waals surface area (Å²) in [4.78, 5) is 4.34. The van der Waals surface area contributed by atoms with Gasteiger partial charge in [0, 0.05) is 31.1 Å². The van der Waals surface area contributed by atoms with Crippen molar-refractivity contribution in [3.63, 3.8) is 0 Å². The molecule has 35 heavy (non-hydrogen) atoms. The van der Waals surface area contributed by atoms with E-state index < -0.39 is 30.6 Å². The molecule has 0 aromatic carbocycles. The average molecular weight is 496 g/mol. The number of nitrogens with one attached hydrogen (secondary N) is 1. The fraction of sp³-hybridized carbons (Fsp3) is 0.333. The van der Waals surface area contributed by atoms with Crippen molar-refractivity contribution in [3.05, 3.63) is 48.2 Å². The first-order valence-corrected chi connectivity index (χ1v) is 10.4. The van der Waals surface area contributed by atoms with Gasteiger partial charge in [0.15, 0.2) is 5.82 Å². The normalized spacial score (nSPS) is 16.1. The Labute approximate surface area is 194 Å². The van der Waals surface area contributed by atoms with Crippen LogP contribution in [-0.4, -0.2) is 46.4 Å². The van der Waals surface area contributed by atoms with E-state index in [9.17, 15) is 26.3 Å². The van der Waals surface area contributed by atoms with Crippen molar-refractivity contribution in [2.75, 3.05) is 5.32 Å². The Kier molecular flexibility index (Phi) is 5.14. The zero-order valence-corrected chi connectivity index (χ0v) is 18.4. The van der Waals surface area contributed by atoms with Crippen LogP contribution in [0.5, 0.6) is 0 Å². The molecule has 0 aliphatic carbocycles. The van der Waals surface area contributed by atoms with Crippen LogP contribution in [0.25, 0.3) is 22.6 Å². The molecule has 0 saturated carbocycles. The predicted molar refractivity (Wildman–Crippen MR) is 113 cm³/mol. The SMILES string of the molecule is Cc1cnc(Nc2ccnn2C)cc1-c1cc2n(c1)C[C@H](F)Cn1c-2nnc1C(F)(F)C(F)(F)F. The molecule has 0 amide bonds. The van der Waals surface area contributed by atoms with E-state index in [1.54, 1.807) is 48.5 Å². The summed E-state index contributed by atoms with van der Waals surface area (Å²) in [6.07, 6.45) is -2.80. The molecule has 1 aliphatic heterocycles. The van der Waals surface area contributed by atoms with Crippen molar-refractivity contribution in [1.82, 2.24) is 34.1 Å². The van der Waals surface area contributed by atoms with Gasteiger partial charge >= 0.3 is 12.1 Å². The van der Waals surface area contributed by atoms with Crippen molar-refractivity contribution < 1.29 is 26.3 Å². The highest BCUT2D eigenvalue weighted by Crippen LogP contribution is 2.44. The van der Waals surface area contributed by atoms with Gasteiger partial charge in [0.1, 0.15) is 17.8 Å². The van der Waals surface area contributed by atoms with E-state index in [4.69, 9.17) is 0 Å². The maximum Gasteiger partial charge on any atom is 0.461 e. The van der Waals surface area contributed by atoms with E-state index in [2.05, 4.69) is 25.6 Å². The molecule has 4 aromatic heterocycles. The van der Waals surface area contributed by atoms with Crippen LogP contribution in [-0.2, 0) is 26.1 Å². The summed E-state index contributed by atoms with van der Waals surface area (Å²) in [7, 11) is 1.75. The van der Waals surface area contributed by atoms with Gasteiger partial charge in [-0.05, 0) is 30.2 Å². The molecule has 184 valence electrons. The minimum atomic E-state index is -5.90. The molecule has 1 atom stereocenters. The van der Waals surface area contributed by atoms with Crippen LogP contribution >= 0.6 is 0 Å². The number of rotatable bonds is 4. The van der Waals surface area contributed by atoms with E-state index in [0.29, 0.717) is 27.3 Å². The number of aromatic nitrogens is 7. The molecule has 0 fully saturated rings. The van der Waals surface area contributed by atoms with E-state index in [0.717, 1.165) is 5.56 Å². The second-order valence-corrected chi connectivity index (χ2v) is 8.24. The lowest BCUT2D eigenvalue weighted by Crippen LogP contribution is -2.37. The number of alkyl halides is 6. The molecule has 0 saturated heterocycles. The second-order valence-electron chi connectivity index (χ2n) is 8.24. The molecule has 5 rings (SSSR count). The van der Waals surface area contributed by atoms with Crippen LogP contribution in [0.1, 0.15) is 11.4 Å². The minimum Gasteiger partial charge on any atom is -0.341 e. The summed E-state index contributed by atoms with van der Waals surface area (Å²) >= 11 is 0. The number of hydrogen-bond donors (Lipinski definition) is 1. The summed E-state index contributed by atoms with van der Waals surface area (Å²) in [5.74, 6) is -6.01. The lowest BCUT2D eigenvalue weighted by Gasteiger charge is -2.20. The third kappa shape index (κ3) is 3.82. The first kappa shape index (κ1) is 22.9. The maximum absolute atomic E-state index is 14.7. The Morgan fingerprint density at radius 1 is 1.09 bits per heavy atom. The van der Waals surface area contributed by atoms with Crippen LogP contribution in [0.4, 0.5) is 38.0 Å². The van der Waals surface area contributed by atoms with Gasteiger partial charge in [-0.2, -0.15) is 27.1 Å². The fourth-order valence-electron chi connectivity index (χ4n) is 4.02. The Hall–Kier alpha value is -3.84. The molecule has 0 unspecified atom stereocenters. The smallest absolute Gasteiger partial charge is 0.341 e. The van der Waals surface area contributed by atoms with E-state index in [1.807, 2.05) is 6.92 Å². The molecule has 1 N–H and O–H groups in total. The van der Waals surface area contributed by atoms with Gasteiger partial charge in [-0.15, -0.1) is 10.2 Å². The number of pyridine rings is 1. The number of fused-ring (bicyclic) bond motifs is 3. The topological polar surface area (TPSA) is 78.4 Å². The molecule has 0 radical (unpaired) electrons. The van der Waals surface area contributed by atoms with Crippen molar-refractivity contribution >= 4 is 11.6 Å². The van der Waals surface area contributed by atoms with Gasteiger partial charge in [-0.1, -0.05) is 0 Å². The molecular formula is C21H18F6N8. The summed E-state index contributed by atoms with van der Waals surface area (Å²) < 4.78 is 85.4. The number of hydrogen-bond acceptors (Lipinski definition) is 5. The third-order valence-corrected chi connectivity index (χ3v) is 5.78. The van der Waals surface area contributed by atoms with Crippen LogP contribution in [0.2, 0.25) is 0 Å². The number of halogens is 6. The monoisotopic (exact) mass is 496 g/mol. The van der Waals surface area contributed by atoms with Crippen molar-refractivity contribution in [2.24, 2.45) is 7.05 Å². The molecule has 5 heterocycles. The van der Waals surface area contributed by atoms with Crippen molar-refractivity contribution in [1.29, 1.82) is 0 Å². The van der Waals surface area contributed by atoms with Crippen LogP contribution in [0.15, 0.2) is 36.8 Å². The lowest BCUT2D eigenvalue weighted by molar-refractivity contribution is -0.293. The van der Waals surface area contributed by atoms with Gasteiger partial charge < -0.3 is 14.5 Å². The van der Waals surface area contributed by atoms with E-state index in [-0.39, 0.29) is 18.1 Å². The molecule has 0 spiro atoms. The zero-order valence-electron chi connectivity index (χ0n) is 18.4. The minimum absolute atomic E-state index is 0.175. The number of nitrogens with zero attached hydrogens (tertiary/aromatic N) is 7. The van der Waals surface area contributed by atoms with Crippen molar-refractivity contribution in [2.45, 2.75) is 38.3 Å². The summed E-state index contributed by atoms with van der Waals surface area (Å²) in [5, 5.41) is 13.9. The summed E-state index contributed by atoms with van der Waals surface area (Å²) in [5.41, 5.74) is 2.23. The first-order valence-electron chi connectivity index (χ1n) is 10.4. The highest BCUT2D eigenvalue weighted by atomic mass is 19.4. The highest BCUT2D eigenvalue weighted by Gasteiger charge is 2.62.